The van der Waals surface area contributed by atoms with Crippen LogP contribution in [-0.2, 0) is 5.79 Å². The average Bonchev–Trinajstić information content (AvgIpc) is 2.79. The van der Waals surface area contributed by atoms with E-state index in [4.69, 9.17) is 9.47 Å². The Bertz CT molecular complexity index is 1270. The Hall–Kier alpha value is -5.95. The summed E-state index contributed by atoms with van der Waals surface area (Å²) in [7, 11) is 0. The molecule has 0 bridgehead atoms. The summed E-state index contributed by atoms with van der Waals surface area (Å²) in [6.45, 7) is 0. The van der Waals surface area contributed by atoms with Crippen molar-refractivity contribution in [2.24, 2.45) is 0 Å². The quantitative estimate of drug-likeness (QED) is 0.217. The maximum absolute atomic E-state index is 11.5. The third-order valence-corrected chi connectivity index (χ3v) is 4.17. The number of rotatable bonds is 10. The van der Waals surface area contributed by atoms with Gasteiger partial charge in [-0.3, -0.25) is 50.6 Å². The van der Waals surface area contributed by atoms with Gasteiger partial charge in [0.15, 0.2) is 14.8 Å². The van der Waals surface area contributed by atoms with Crippen LogP contribution in [0, 0.1) is 50.6 Å². The van der Waals surface area contributed by atoms with Crippen molar-refractivity contribution in [2.45, 2.75) is 5.79 Å². The Labute approximate surface area is 195 Å². The predicted molar refractivity (Wildman–Crippen MR) is 109 cm³/mol. The Kier molecular flexibility index (Phi) is 6.51. The molecule has 0 saturated heterocycles. The Morgan fingerprint density at radius 1 is 0.556 bits per heavy atom. The van der Waals surface area contributed by atoms with E-state index in [2.05, 4.69) is 15.0 Å². The van der Waals surface area contributed by atoms with Crippen LogP contribution in [0.5, 0.6) is 23.5 Å². The highest BCUT2D eigenvalue weighted by molar-refractivity contribution is 5.38. The molecule has 0 aliphatic rings. The van der Waals surface area contributed by atoms with Crippen molar-refractivity contribution in [1.82, 2.24) is 15.0 Å². The third kappa shape index (κ3) is 4.70. The molecule has 0 amide bonds. The van der Waals surface area contributed by atoms with Crippen LogP contribution in [0.2, 0.25) is 0 Å². The monoisotopic (exact) mass is 504 g/mol. The van der Waals surface area contributed by atoms with E-state index in [-0.39, 0.29) is 22.9 Å². The van der Waals surface area contributed by atoms with Gasteiger partial charge in [0.25, 0.3) is 11.4 Å². The van der Waals surface area contributed by atoms with Crippen LogP contribution in [-0.4, -0.2) is 39.6 Å². The van der Waals surface area contributed by atoms with Crippen LogP contribution in [0.1, 0.15) is 5.82 Å². The molecule has 0 saturated carbocycles. The highest BCUT2D eigenvalue weighted by Gasteiger charge is 2.76. The van der Waals surface area contributed by atoms with Crippen LogP contribution < -0.4 is 9.47 Å². The molecule has 0 aliphatic carbocycles. The average molecular weight is 504 g/mol. The molecule has 3 aromatic rings. The molecule has 184 valence electrons. The van der Waals surface area contributed by atoms with Crippen LogP contribution in [0.3, 0.4) is 0 Å². The number of non-ortho nitro benzene ring substituents is 2. The van der Waals surface area contributed by atoms with Gasteiger partial charge in [0.05, 0.1) is 9.85 Å². The fraction of sp³-hybridized carbons (Fsp3) is 0.0625. The molecule has 0 fully saturated rings. The molecule has 0 N–H and O–H groups in total. The molecule has 36 heavy (non-hydrogen) atoms. The molecule has 2 aromatic carbocycles. The summed E-state index contributed by atoms with van der Waals surface area (Å²) in [4.78, 5) is 59.2. The first-order chi connectivity index (χ1) is 16.9. The molecular formula is C16H8N8O12. The summed E-state index contributed by atoms with van der Waals surface area (Å²) in [6, 6.07) is 6.34. The molecule has 1 heterocycles. The van der Waals surface area contributed by atoms with E-state index in [1.165, 1.54) is 0 Å². The minimum atomic E-state index is -4.29. The number of hydrogen-bond acceptors (Lipinski definition) is 15. The van der Waals surface area contributed by atoms with Crippen LogP contribution in [0.15, 0.2) is 48.5 Å². The molecule has 1 aromatic heterocycles. The van der Waals surface area contributed by atoms with Crippen molar-refractivity contribution in [3.05, 3.63) is 105 Å². The lowest BCUT2D eigenvalue weighted by molar-refractivity contribution is -0.987. The second-order valence-corrected chi connectivity index (χ2v) is 6.34. The van der Waals surface area contributed by atoms with E-state index in [0.717, 1.165) is 48.5 Å². The zero-order valence-electron chi connectivity index (χ0n) is 17.1. The number of benzene rings is 2. The molecular weight excluding hydrogens is 496 g/mol. The van der Waals surface area contributed by atoms with E-state index in [1.54, 1.807) is 0 Å². The first-order valence-electron chi connectivity index (χ1n) is 8.99. The lowest BCUT2D eigenvalue weighted by Crippen LogP contribution is -2.51. The first-order valence-corrected chi connectivity index (χ1v) is 8.99. The van der Waals surface area contributed by atoms with Gasteiger partial charge in [0, 0.05) is 24.3 Å². The second kappa shape index (κ2) is 9.50. The third-order valence-electron chi connectivity index (χ3n) is 4.17. The molecule has 0 radical (unpaired) electrons. The van der Waals surface area contributed by atoms with E-state index in [9.17, 15) is 50.6 Å². The smallest absolute Gasteiger partial charge is 0.424 e. The maximum atomic E-state index is 11.5. The highest BCUT2D eigenvalue weighted by atomic mass is 16.7. The Morgan fingerprint density at radius 3 is 1.17 bits per heavy atom. The number of hydrogen-bond donors (Lipinski definition) is 0. The molecule has 0 atom stereocenters. The van der Waals surface area contributed by atoms with Crippen LogP contribution >= 0.6 is 0 Å². The fourth-order valence-electron chi connectivity index (χ4n) is 2.51. The van der Waals surface area contributed by atoms with E-state index in [0.29, 0.717) is 0 Å². The summed E-state index contributed by atoms with van der Waals surface area (Å²) in [5, 5.41) is 55.9. The van der Waals surface area contributed by atoms with Gasteiger partial charge in [0.1, 0.15) is 11.5 Å². The van der Waals surface area contributed by atoms with Gasteiger partial charge in [-0.2, -0.15) is 9.97 Å². The molecule has 20 heteroatoms. The van der Waals surface area contributed by atoms with E-state index >= 15 is 0 Å². The van der Waals surface area contributed by atoms with Crippen LogP contribution in [0.4, 0.5) is 11.4 Å². The van der Waals surface area contributed by atoms with Crippen molar-refractivity contribution in [2.75, 3.05) is 0 Å². The van der Waals surface area contributed by atoms with E-state index in [1.807, 2.05) is 0 Å². The van der Waals surface area contributed by atoms with E-state index < -0.39 is 48.2 Å². The van der Waals surface area contributed by atoms with Crippen molar-refractivity contribution < 1.29 is 34.1 Å². The van der Waals surface area contributed by atoms with Gasteiger partial charge >= 0.3 is 23.6 Å². The zero-order chi connectivity index (χ0) is 26.6. The summed E-state index contributed by atoms with van der Waals surface area (Å²) in [5.74, 6) is -6.29. The zero-order valence-corrected chi connectivity index (χ0v) is 17.1. The summed E-state index contributed by atoms with van der Waals surface area (Å²) >= 11 is 0. The largest absolute Gasteiger partial charge is 0.763 e. The molecule has 3 rings (SSSR count). The lowest BCUT2D eigenvalue weighted by atomic mass is 10.3. The van der Waals surface area contributed by atoms with Crippen molar-refractivity contribution in [1.29, 1.82) is 0 Å². The maximum Gasteiger partial charge on any atom is 0.763 e. The summed E-state index contributed by atoms with van der Waals surface area (Å²) < 4.78 is 10.4. The standard InChI is InChI=1S/C16H8N8O12/c25-20(26)9-1-5-11(6-2-9)35-14-17-13(16(22(29)30,23(31)32)24(33)34)18-15(19-14)36-12-7-3-10(4-8-12)21(27)28/h1-8H. The minimum absolute atomic E-state index is 0.201. The van der Waals surface area contributed by atoms with Crippen molar-refractivity contribution in [3.8, 4) is 23.5 Å². The second-order valence-electron chi connectivity index (χ2n) is 6.34. The number of nitrogens with zero attached hydrogens (tertiary/aromatic N) is 8. The molecule has 0 unspecified atom stereocenters. The normalized spacial score (nSPS) is 10.8. The molecule has 20 nitrogen and oxygen atoms in total. The summed E-state index contributed by atoms with van der Waals surface area (Å²) in [5.41, 5.74) is -0.676. The van der Waals surface area contributed by atoms with Gasteiger partial charge in [0.2, 0.25) is 0 Å². The van der Waals surface area contributed by atoms with Gasteiger partial charge in [-0.05, 0) is 24.3 Å². The van der Waals surface area contributed by atoms with Gasteiger partial charge in [-0.25, -0.2) is 0 Å². The van der Waals surface area contributed by atoms with Crippen LogP contribution in [0.25, 0.3) is 0 Å². The number of aromatic nitrogens is 3. The fourth-order valence-corrected chi connectivity index (χ4v) is 2.51. The predicted octanol–water partition coefficient (Wildman–Crippen LogP) is 2.21. The van der Waals surface area contributed by atoms with Gasteiger partial charge in [-0.1, -0.05) is 0 Å². The number of nitro groups is 5. The van der Waals surface area contributed by atoms with Gasteiger partial charge < -0.3 is 9.47 Å². The van der Waals surface area contributed by atoms with Crippen molar-refractivity contribution in [3.63, 3.8) is 0 Å². The Morgan fingerprint density at radius 2 is 0.889 bits per heavy atom. The lowest BCUT2D eigenvalue weighted by Gasteiger charge is -2.10. The number of ether oxygens (including phenoxy) is 2. The minimum Gasteiger partial charge on any atom is -0.424 e. The molecule has 0 aliphatic heterocycles. The number of nitro benzene ring substituents is 2. The van der Waals surface area contributed by atoms with Gasteiger partial charge in [-0.15, -0.1) is 4.98 Å². The Balaban J connectivity index is 2.12. The van der Waals surface area contributed by atoms with Crippen molar-refractivity contribution >= 4 is 11.4 Å². The summed E-state index contributed by atoms with van der Waals surface area (Å²) in [6.07, 6.45) is 0. The SMILES string of the molecule is O=[N+]([O-])c1ccc(Oc2nc(Oc3ccc([N+](=O)[O-])cc3)nc(C([N+](=O)[O-])([N+](=O)[O-])[N+](=O)[O-])n2)cc1. The molecule has 0 spiro atoms. The first kappa shape index (κ1) is 24.7. The topological polar surface area (TPSA) is 273 Å². The highest BCUT2D eigenvalue weighted by Crippen LogP contribution is 2.30.